The number of benzene rings is 2. The molecule has 274 valence electrons. The lowest BCUT2D eigenvalue weighted by molar-refractivity contribution is -0.134. The molecular formula is C36H43ClN10O5. The molecule has 2 aromatic carbocycles. The zero-order chi connectivity index (χ0) is 36.9. The molecule has 0 spiro atoms. The molecule has 3 aromatic heterocycles. The van der Waals surface area contributed by atoms with Crippen molar-refractivity contribution < 1.29 is 19.8 Å². The Labute approximate surface area is 304 Å². The largest absolute Gasteiger partial charge is 0.396 e. The molecule has 0 saturated carbocycles. The molecule has 0 bridgehead atoms. The van der Waals surface area contributed by atoms with Gasteiger partial charge < -0.3 is 25.7 Å². The number of halogens is 1. The van der Waals surface area contributed by atoms with Crippen LogP contribution in [0.5, 0.6) is 0 Å². The number of carbonyl (C=O) groups is 2. The van der Waals surface area contributed by atoms with Crippen LogP contribution in [0.3, 0.4) is 0 Å². The number of amides is 2. The van der Waals surface area contributed by atoms with Gasteiger partial charge in [-0.1, -0.05) is 11.6 Å². The number of rotatable bonds is 10. The van der Waals surface area contributed by atoms with Crippen LogP contribution in [0.25, 0.3) is 21.9 Å². The third-order valence-corrected chi connectivity index (χ3v) is 10.4. The summed E-state index contributed by atoms with van der Waals surface area (Å²) in [6.45, 7) is 4.89. The Morgan fingerprint density at radius 3 is 2.56 bits per heavy atom. The molecule has 2 fully saturated rings. The average Bonchev–Trinajstić information content (AvgIpc) is 3.55. The number of aryl methyl sites for hydroxylation is 3. The minimum absolute atomic E-state index is 0.0296. The minimum atomic E-state index is -0.915. The summed E-state index contributed by atoms with van der Waals surface area (Å²) >= 11 is 6.56. The fourth-order valence-electron chi connectivity index (χ4n) is 7.21. The molecular weight excluding hydrogens is 688 g/mol. The minimum Gasteiger partial charge on any atom is -0.396 e. The van der Waals surface area contributed by atoms with Crippen LogP contribution in [0.1, 0.15) is 51.1 Å². The van der Waals surface area contributed by atoms with E-state index in [1.165, 1.54) is 0 Å². The molecule has 0 radical (unpaired) electrons. The molecule has 2 saturated heterocycles. The van der Waals surface area contributed by atoms with Gasteiger partial charge in [0.25, 0.3) is 0 Å². The highest BCUT2D eigenvalue weighted by Crippen LogP contribution is 2.33. The number of aliphatic hydroxyl groups is 2. The van der Waals surface area contributed by atoms with Gasteiger partial charge in [-0.05, 0) is 69.5 Å². The van der Waals surface area contributed by atoms with Gasteiger partial charge in [-0.3, -0.25) is 28.7 Å². The first-order valence-electron chi connectivity index (χ1n) is 17.4. The number of aromatic nitrogens is 6. The van der Waals surface area contributed by atoms with Gasteiger partial charge in [-0.25, -0.2) is 9.78 Å². The molecule has 1 unspecified atom stereocenters. The van der Waals surface area contributed by atoms with Crippen molar-refractivity contribution in [1.82, 2.24) is 34.2 Å². The Hall–Kier alpha value is -4.99. The topological polar surface area (TPSA) is 184 Å². The highest BCUT2D eigenvalue weighted by molar-refractivity contribution is 6.33. The lowest BCUT2D eigenvalue weighted by Gasteiger charge is -2.38. The van der Waals surface area contributed by atoms with Crippen LogP contribution in [0, 0.1) is 5.92 Å². The molecule has 3 atom stereocenters. The van der Waals surface area contributed by atoms with E-state index in [-0.39, 0.29) is 42.5 Å². The van der Waals surface area contributed by atoms with Gasteiger partial charge in [-0.15, -0.1) is 0 Å². The maximum absolute atomic E-state index is 13.0. The lowest BCUT2D eigenvalue weighted by atomic mass is 9.92. The molecule has 15 nitrogen and oxygen atoms in total. The first-order chi connectivity index (χ1) is 24.8. The van der Waals surface area contributed by atoms with E-state index in [4.69, 9.17) is 16.6 Å². The molecule has 0 aliphatic carbocycles. The second kappa shape index (κ2) is 13.9. The van der Waals surface area contributed by atoms with Crippen molar-refractivity contribution in [3.05, 3.63) is 63.8 Å². The van der Waals surface area contributed by atoms with Crippen molar-refractivity contribution in [3.63, 3.8) is 0 Å². The van der Waals surface area contributed by atoms with Crippen molar-refractivity contribution in [1.29, 1.82) is 0 Å². The van der Waals surface area contributed by atoms with E-state index >= 15 is 0 Å². The van der Waals surface area contributed by atoms with Crippen LogP contribution in [-0.2, 0) is 30.2 Å². The van der Waals surface area contributed by atoms with Gasteiger partial charge in [0.15, 0.2) is 5.82 Å². The molecule has 2 amide bonds. The number of nitrogens with one attached hydrogen (secondary N) is 3. The fraction of sp³-hybridized carbons (Fsp3) is 0.444. The first-order valence-corrected chi connectivity index (χ1v) is 17.8. The van der Waals surface area contributed by atoms with Crippen LogP contribution in [0.4, 0.5) is 23.1 Å². The Kier molecular flexibility index (Phi) is 9.44. The molecule has 7 rings (SSSR count). The molecule has 52 heavy (non-hydrogen) atoms. The van der Waals surface area contributed by atoms with Gasteiger partial charge in [0.05, 0.1) is 40.0 Å². The number of imidazole rings is 1. The molecule has 2 aliphatic heterocycles. The highest BCUT2D eigenvalue weighted by Gasteiger charge is 2.33. The van der Waals surface area contributed by atoms with E-state index in [2.05, 4.69) is 26.0 Å². The van der Waals surface area contributed by atoms with E-state index in [0.29, 0.717) is 67.1 Å². The number of fused-ring (bicyclic) bond motifs is 2. The van der Waals surface area contributed by atoms with Crippen LogP contribution >= 0.6 is 11.6 Å². The predicted molar refractivity (Wildman–Crippen MR) is 199 cm³/mol. The van der Waals surface area contributed by atoms with E-state index in [1.54, 1.807) is 40.9 Å². The Morgan fingerprint density at radius 1 is 1.04 bits per heavy atom. The fourth-order valence-corrected chi connectivity index (χ4v) is 7.35. The number of hydrogen-bond acceptors (Lipinski definition) is 11. The van der Waals surface area contributed by atoms with Gasteiger partial charge in [0.2, 0.25) is 17.8 Å². The van der Waals surface area contributed by atoms with Crippen LogP contribution in [0.15, 0.2) is 47.4 Å². The van der Waals surface area contributed by atoms with Crippen molar-refractivity contribution >= 4 is 68.5 Å². The van der Waals surface area contributed by atoms with Crippen LogP contribution in [0.2, 0.25) is 5.02 Å². The highest BCUT2D eigenvalue weighted by atomic mass is 35.5. The third kappa shape index (κ3) is 6.95. The normalized spacial score (nSPS) is 19.8. The predicted octanol–water partition coefficient (Wildman–Crippen LogP) is 3.39. The second-order valence-corrected chi connectivity index (χ2v) is 14.8. The zero-order valence-corrected chi connectivity index (χ0v) is 30.3. The molecule has 16 heteroatoms. The summed E-state index contributed by atoms with van der Waals surface area (Å²) in [6.07, 6.45) is 3.39. The number of anilines is 4. The number of aliphatic hydroxyl groups excluding tert-OH is 1. The summed E-state index contributed by atoms with van der Waals surface area (Å²) in [5, 5.41) is 35.9. The Balaban J connectivity index is 1.05. The number of piperidine rings is 2. The van der Waals surface area contributed by atoms with Crippen LogP contribution < -0.4 is 26.5 Å². The summed E-state index contributed by atoms with van der Waals surface area (Å²) < 4.78 is 5.00. The van der Waals surface area contributed by atoms with Crippen molar-refractivity contribution in [3.8, 4) is 0 Å². The van der Waals surface area contributed by atoms with E-state index in [1.807, 2.05) is 48.3 Å². The maximum atomic E-state index is 13.0. The summed E-state index contributed by atoms with van der Waals surface area (Å²) in [6, 6.07) is 11.5. The average molecular weight is 731 g/mol. The Bertz CT molecular complexity index is 2240. The van der Waals surface area contributed by atoms with E-state index in [9.17, 15) is 24.6 Å². The van der Waals surface area contributed by atoms with E-state index in [0.717, 1.165) is 27.6 Å². The Morgan fingerprint density at radius 2 is 1.81 bits per heavy atom. The quantitative estimate of drug-likeness (QED) is 0.133. The summed E-state index contributed by atoms with van der Waals surface area (Å²) in [7, 11) is 3.56. The van der Waals surface area contributed by atoms with Gasteiger partial charge in [0, 0.05) is 75.5 Å². The molecule has 5 aromatic rings. The smallest absolute Gasteiger partial charge is 0.328 e. The van der Waals surface area contributed by atoms with Crippen molar-refractivity contribution in [2.45, 2.75) is 63.6 Å². The number of carbonyl (C=O) groups excluding carboxylic acids is 2. The second-order valence-electron chi connectivity index (χ2n) is 14.4. The summed E-state index contributed by atoms with van der Waals surface area (Å²) in [5.41, 5.74) is 3.50. The standard InChI is InChI=1S/C36H43ClN10O5/c1-36(2,52)12-14-47-29-16-22(6-9-27(29)44(3)35(47)51)40-32-25(37)17-38-34(42-32)46-13-11-26(20(18-46)19-48)39-21-5-7-23-28(15-21)45(4)43-31(23)24-8-10-30(49)41-33(24)50/h5-7,9,15-17,20,24,26,39,48,52H,8,10-14,18-19H2,1-4H3,(H,38,40,42)(H,41,49,50)/t20-,24?,26-/m0/s1. The molecule has 5 N–H and O–H groups in total. The zero-order valence-electron chi connectivity index (χ0n) is 29.6. The number of imide groups is 1. The van der Waals surface area contributed by atoms with Gasteiger partial charge in [0.1, 0.15) is 5.02 Å². The van der Waals surface area contributed by atoms with Crippen molar-refractivity contribution in [2.24, 2.45) is 20.0 Å². The molecule has 2 aliphatic rings. The summed E-state index contributed by atoms with van der Waals surface area (Å²) in [5.74, 6) is -0.295. The van der Waals surface area contributed by atoms with Crippen LogP contribution in [-0.4, -0.2) is 82.2 Å². The lowest BCUT2D eigenvalue weighted by Crippen LogP contribution is -2.48. The number of hydrogen-bond donors (Lipinski definition) is 5. The van der Waals surface area contributed by atoms with Gasteiger partial charge in [-0.2, -0.15) is 10.1 Å². The SMILES string of the molecule is Cn1nc(C2CCC(=O)NC2=O)c2ccc(N[C@H]3CCN(c4ncc(Cl)c(Nc5ccc6c(c5)n(CCC(C)(C)O)c(=O)n6C)n4)C[C@H]3CO)cc21. The van der Waals surface area contributed by atoms with E-state index < -0.39 is 11.5 Å². The third-order valence-electron chi connectivity index (χ3n) is 10.1. The monoisotopic (exact) mass is 730 g/mol. The molecule has 5 heterocycles. The van der Waals surface area contributed by atoms with Gasteiger partial charge >= 0.3 is 5.69 Å². The first kappa shape index (κ1) is 35.4. The maximum Gasteiger partial charge on any atom is 0.328 e. The van der Waals surface area contributed by atoms with Crippen molar-refractivity contribution in [2.75, 3.05) is 35.2 Å². The summed E-state index contributed by atoms with van der Waals surface area (Å²) in [4.78, 5) is 48.5. The number of nitrogens with zero attached hydrogens (tertiary/aromatic N) is 7.